The van der Waals surface area contributed by atoms with Gasteiger partial charge in [0.1, 0.15) is 0 Å². The summed E-state index contributed by atoms with van der Waals surface area (Å²) in [6.07, 6.45) is 5.66. The van der Waals surface area contributed by atoms with Gasteiger partial charge in [0.2, 0.25) is 0 Å². The summed E-state index contributed by atoms with van der Waals surface area (Å²) in [7, 11) is 0. The molecule has 0 aliphatic rings. The van der Waals surface area contributed by atoms with Gasteiger partial charge in [0, 0.05) is 11.4 Å². The van der Waals surface area contributed by atoms with Gasteiger partial charge in [-0.15, -0.1) is 0 Å². The van der Waals surface area contributed by atoms with E-state index < -0.39 is 0 Å². The summed E-state index contributed by atoms with van der Waals surface area (Å²) in [6.45, 7) is 12.0. The van der Waals surface area contributed by atoms with Crippen LogP contribution in [0.4, 0.5) is 0 Å². The maximum Gasteiger partial charge on any atom is 0.0382 e. The number of hydrogen-bond donors (Lipinski definition) is 2. The Labute approximate surface area is 93.0 Å². The maximum absolute atomic E-state index is 5.83. The van der Waals surface area contributed by atoms with Gasteiger partial charge in [-0.1, -0.05) is 32.1 Å². The zero-order valence-corrected chi connectivity index (χ0v) is 10.2. The first-order valence-corrected chi connectivity index (χ1v) is 5.11. The van der Waals surface area contributed by atoms with Gasteiger partial charge in [0.15, 0.2) is 0 Å². The third kappa shape index (κ3) is 5.78. The molecule has 15 heavy (non-hydrogen) atoms. The Hall–Kier alpha value is -1.44. The van der Waals surface area contributed by atoms with E-state index in [9.17, 15) is 0 Å². The smallest absolute Gasteiger partial charge is 0.0382 e. The molecule has 4 N–H and O–H groups in total. The van der Waals surface area contributed by atoms with Crippen LogP contribution < -0.4 is 11.5 Å². The molecule has 0 radical (unpaired) electrons. The Morgan fingerprint density at radius 3 is 2.07 bits per heavy atom. The van der Waals surface area contributed by atoms with Gasteiger partial charge >= 0.3 is 0 Å². The van der Waals surface area contributed by atoms with Crippen molar-refractivity contribution in [3.8, 4) is 0 Å². The van der Waals surface area contributed by atoms with Crippen LogP contribution in [-0.2, 0) is 0 Å². The minimum Gasteiger partial charge on any atom is -0.402 e. The van der Waals surface area contributed by atoms with E-state index in [4.69, 9.17) is 11.5 Å². The van der Waals surface area contributed by atoms with Crippen LogP contribution in [0.1, 0.15) is 27.7 Å². The van der Waals surface area contributed by atoms with Crippen LogP contribution in [0.3, 0.4) is 0 Å². The fourth-order valence-electron chi connectivity index (χ4n) is 0.879. The van der Waals surface area contributed by atoms with Crippen LogP contribution in [0.25, 0.3) is 0 Å². The van der Waals surface area contributed by atoms with Crippen LogP contribution in [0, 0.1) is 5.92 Å². The molecule has 0 atom stereocenters. The molecule has 0 unspecified atom stereocenters. The van der Waals surface area contributed by atoms with Gasteiger partial charge < -0.3 is 11.5 Å². The molecule has 0 spiro atoms. The Bertz CT molecular complexity index is 313. The van der Waals surface area contributed by atoms with E-state index in [1.807, 2.05) is 19.1 Å². The van der Waals surface area contributed by atoms with Crippen molar-refractivity contribution in [1.82, 2.24) is 0 Å². The third-order valence-electron chi connectivity index (χ3n) is 2.21. The van der Waals surface area contributed by atoms with Crippen molar-refractivity contribution in [2.45, 2.75) is 27.7 Å². The number of nitrogens with two attached hydrogens (primary N) is 2. The molecule has 0 aliphatic carbocycles. The first-order valence-electron chi connectivity index (χ1n) is 5.11. The van der Waals surface area contributed by atoms with Gasteiger partial charge in [-0.05, 0) is 37.5 Å². The van der Waals surface area contributed by atoms with E-state index >= 15 is 0 Å². The first kappa shape index (κ1) is 13.6. The van der Waals surface area contributed by atoms with E-state index in [2.05, 4.69) is 27.4 Å². The molecule has 2 nitrogen and oxygen atoms in total. The second kappa shape index (κ2) is 6.12. The quantitative estimate of drug-likeness (QED) is 0.695. The second-order valence-corrected chi connectivity index (χ2v) is 4.10. The zero-order chi connectivity index (χ0) is 12.0. The lowest BCUT2D eigenvalue weighted by Crippen LogP contribution is -2.00. The van der Waals surface area contributed by atoms with E-state index in [1.165, 1.54) is 5.57 Å². The predicted octanol–water partition coefficient (Wildman–Crippen LogP) is 2.85. The molecular weight excluding hydrogens is 184 g/mol. The molecule has 2 heteroatoms. The van der Waals surface area contributed by atoms with Crippen molar-refractivity contribution >= 4 is 0 Å². The average Bonchev–Trinajstić information content (AvgIpc) is 2.12. The zero-order valence-electron chi connectivity index (χ0n) is 10.2. The fourth-order valence-corrected chi connectivity index (χ4v) is 0.879. The molecule has 0 aliphatic heterocycles. The number of rotatable bonds is 4. The Morgan fingerprint density at radius 1 is 1.13 bits per heavy atom. The molecule has 0 saturated heterocycles. The van der Waals surface area contributed by atoms with Crippen molar-refractivity contribution in [3.63, 3.8) is 0 Å². The van der Waals surface area contributed by atoms with Crippen LogP contribution >= 0.6 is 0 Å². The summed E-state index contributed by atoms with van der Waals surface area (Å²) in [5.74, 6) is 0.536. The van der Waals surface area contributed by atoms with Crippen molar-refractivity contribution in [2.24, 2.45) is 17.4 Å². The molecule has 0 rings (SSSR count). The monoisotopic (exact) mass is 206 g/mol. The Morgan fingerprint density at radius 2 is 1.67 bits per heavy atom. The van der Waals surface area contributed by atoms with Gasteiger partial charge in [0.25, 0.3) is 0 Å². The molecule has 0 aromatic rings. The molecule has 0 amide bonds. The van der Waals surface area contributed by atoms with Crippen LogP contribution in [0.2, 0.25) is 0 Å². The molecule has 0 fully saturated rings. The summed E-state index contributed by atoms with van der Waals surface area (Å²) >= 11 is 0. The van der Waals surface area contributed by atoms with Crippen molar-refractivity contribution in [1.29, 1.82) is 0 Å². The van der Waals surface area contributed by atoms with E-state index in [1.54, 1.807) is 6.08 Å². The molecule has 0 saturated carbocycles. The Balaban J connectivity index is 4.66. The van der Waals surface area contributed by atoms with Crippen LogP contribution in [-0.4, -0.2) is 0 Å². The van der Waals surface area contributed by atoms with Gasteiger partial charge in [-0.2, -0.15) is 0 Å². The highest BCUT2D eigenvalue weighted by atomic mass is 14.6. The molecule has 0 bridgehead atoms. The average molecular weight is 206 g/mol. The summed E-state index contributed by atoms with van der Waals surface area (Å²) < 4.78 is 0. The second-order valence-electron chi connectivity index (χ2n) is 4.10. The lowest BCUT2D eigenvalue weighted by molar-refractivity contribution is 0.769. The summed E-state index contributed by atoms with van der Waals surface area (Å²) in [5, 5.41) is 0. The lowest BCUT2D eigenvalue weighted by atomic mass is 10.0. The molecule has 0 aromatic carbocycles. The standard InChI is InChI=1S/C13H22N2/c1-9(2)10(3)6-7-13(15)11(4)8-12(5)14/h6-9H,4,14-15H2,1-3,5H3/b10-6+,12-8-,13-7+. The minimum atomic E-state index is 0.536. The summed E-state index contributed by atoms with van der Waals surface area (Å²) in [5.41, 5.74) is 14.8. The first-order chi connectivity index (χ1) is 6.84. The van der Waals surface area contributed by atoms with Crippen LogP contribution in [0.5, 0.6) is 0 Å². The van der Waals surface area contributed by atoms with E-state index in [0.717, 1.165) is 5.57 Å². The van der Waals surface area contributed by atoms with Crippen LogP contribution in [0.15, 0.2) is 47.3 Å². The molecular formula is C13H22N2. The van der Waals surface area contributed by atoms with E-state index in [-0.39, 0.29) is 0 Å². The van der Waals surface area contributed by atoms with Gasteiger partial charge in [-0.25, -0.2) is 0 Å². The van der Waals surface area contributed by atoms with Crippen molar-refractivity contribution in [2.75, 3.05) is 0 Å². The van der Waals surface area contributed by atoms with Crippen molar-refractivity contribution < 1.29 is 0 Å². The minimum absolute atomic E-state index is 0.536. The molecule has 0 heterocycles. The summed E-state index contributed by atoms with van der Waals surface area (Å²) in [4.78, 5) is 0. The summed E-state index contributed by atoms with van der Waals surface area (Å²) in [6, 6.07) is 0. The molecule has 84 valence electrons. The predicted molar refractivity (Wildman–Crippen MR) is 67.9 cm³/mol. The molecule has 0 aromatic heterocycles. The maximum atomic E-state index is 5.83. The highest BCUT2D eigenvalue weighted by molar-refractivity contribution is 5.38. The van der Waals surface area contributed by atoms with Gasteiger partial charge in [-0.3, -0.25) is 0 Å². The normalized spacial score (nSPS) is 14.6. The van der Waals surface area contributed by atoms with Gasteiger partial charge in [0.05, 0.1) is 0 Å². The highest BCUT2D eigenvalue weighted by Crippen LogP contribution is 2.10. The Kier molecular flexibility index (Phi) is 5.53. The largest absolute Gasteiger partial charge is 0.402 e. The SMILES string of the molecule is C=C(/C=C(/C)N)/C(N)=C\C=C(/C)C(C)C. The fraction of sp³-hybridized carbons (Fsp3) is 0.385. The third-order valence-corrected chi connectivity index (χ3v) is 2.21. The highest BCUT2D eigenvalue weighted by Gasteiger charge is 1.96. The number of hydrogen-bond acceptors (Lipinski definition) is 2. The van der Waals surface area contributed by atoms with E-state index in [0.29, 0.717) is 17.3 Å². The number of allylic oxidation sites excluding steroid dienone is 5. The lowest BCUT2D eigenvalue weighted by Gasteiger charge is -2.04. The topological polar surface area (TPSA) is 52.0 Å². The van der Waals surface area contributed by atoms with Crippen molar-refractivity contribution in [3.05, 3.63) is 47.3 Å².